The number of benzene rings is 1. The Hall–Kier alpha value is -1.04. The van der Waals surface area contributed by atoms with Crippen LogP contribution in [-0.4, -0.2) is 12.9 Å². The minimum atomic E-state index is 0.205. The summed E-state index contributed by atoms with van der Waals surface area (Å²) in [6.07, 6.45) is 4.23. The molecule has 90 valence electrons. The van der Waals surface area contributed by atoms with Crippen LogP contribution in [0.1, 0.15) is 19.3 Å². The van der Waals surface area contributed by atoms with Crippen LogP contribution in [0.3, 0.4) is 0 Å². The SMILES string of the molecule is COc1ccc(I)c(NC2=CC(=O)CCC2)c1. The maximum Gasteiger partial charge on any atom is 0.157 e. The van der Waals surface area contributed by atoms with Crippen molar-refractivity contribution in [2.24, 2.45) is 0 Å². The Balaban J connectivity index is 2.20. The van der Waals surface area contributed by atoms with Crippen molar-refractivity contribution in [1.82, 2.24) is 0 Å². The Kier molecular flexibility index (Phi) is 4.04. The number of halogens is 1. The average Bonchev–Trinajstić information content (AvgIpc) is 2.32. The number of ether oxygens (including phenoxy) is 1. The van der Waals surface area contributed by atoms with E-state index < -0.39 is 0 Å². The highest BCUT2D eigenvalue weighted by atomic mass is 127. The van der Waals surface area contributed by atoms with E-state index >= 15 is 0 Å². The molecule has 1 aliphatic carbocycles. The lowest BCUT2D eigenvalue weighted by molar-refractivity contribution is -0.115. The molecule has 0 saturated heterocycles. The predicted octanol–water partition coefficient (Wildman–Crippen LogP) is 3.35. The van der Waals surface area contributed by atoms with E-state index in [0.29, 0.717) is 6.42 Å². The van der Waals surface area contributed by atoms with Crippen molar-refractivity contribution in [2.75, 3.05) is 12.4 Å². The van der Waals surface area contributed by atoms with Gasteiger partial charge in [-0.2, -0.15) is 0 Å². The van der Waals surface area contributed by atoms with Gasteiger partial charge in [-0.05, 0) is 47.6 Å². The lowest BCUT2D eigenvalue weighted by Crippen LogP contribution is -2.09. The number of methoxy groups -OCH3 is 1. The molecule has 0 atom stereocenters. The van der Waals surface area contributed by atoms with E-state index in [1.165, 1.54) is 0 Å². The third kappa shape index (κ3) is 3.21. The molecular weight excluding hydrogens is 329 g/mol. The molecule has 1 aromatic rings. The van der Waals surface area contributed by atoms with E-state index in [1.54, 1.807) is 13.2 Å². The summed E-state index contributed by atoms with van der Waals surface area (Å²) in [5, 5.41) is 3.31. The average molecular weight is 343 g/mol. The van der Waals surface area contributed by atoms with Crippen molar-refractivity contribution >= 4 is 34.1 Å². The van der Waals surface area contributed by atoms with E-state index in [9.17, 15) is 4.79 Å². The van der Waals surface area contributed by atoms with Gasteiger partial charge in [0.05, 0.1) is 12.8 Å². The number of carbonyl (C=O) groups is 1. The van der Waals surface area contributed by atoms with Crippen molar-refractivity contribution in [3.05, 3.63) is 33.5 Å². The smallest absolute Gasteiger partial charge is 0.157 e. The Morgan fingerprint density at radius 2 is 2.18 bits per heavy atom. The summed E-state index contributed by atoms with van der Waals surface area (Å²) in [5.41, 5.74) is 1.98. The number of hydrogen-bond acceptors (Lipinski definition) is 3. The standard InChI is InChI=1S/C13H14INO2/c1-17-11-5-6-12(14)13(8-11)15-9-3-2-4-10(16)7-9/h5-8,15H,2-4H2,1H3. The molecule has 0 aliphatic heterocycles. The van der Waals surface area contributed by atoms with Gasteiger partial charge in [0.25, 0.3) is 0 Å². The zero-order chi connectivity index (χ0) is 12.3. The molecule has 1 aromatic carbocycles. The van der Waals surface area contributed by atoms with Gasteiger partial charge in [0.15, 0.2) is 5.78 Å². The highest BCUT2D eigenvalue weighted by Crippen LogP contribution is 2.27. The maximum atomic E-state index is 11.3. The minimum Gasteiger partial charge on any atom is -0.497 e. The molecule has 1 N–H and O–H groups in total. The van der Waals surface area contributed by atoms with Crippen molar-refractivity contribution in [3.8, 4) is 5.75 Å². The molecule has 1 aliphatic rings. The molecule has 0 amide bonds. The second-order valence-electron chi connectivity index (χ2n) is 3.96. The van der Waals surface area contributed by atoms with Gasteiger partial charge in [-0.25, -0.2) is 0 Å². The van der Waals surface area contributed by atoms with Crippen molar-refractivity contribution < 1.29 is 9.53 Å². The van der Waals surface area contributed by atoms with Crippen molar-refractivity contribution in [3.63, 3.8) is 0 Å². The first kappa shape index (κ1) is 12.4. The van der Waals surface area contributed by atoms with E-state index in [4.69, 9.17) is 4.74 Å². The van der Waals surface area contributed by atoms with Crippen LogP contribution in [0.5, 0.6) is 5.75 Å². The molecule has 4 heteroatoms. The highest BCUT2D eigenvalue weighted by molar-refractivity contribution is 14.1. The van der Waals surface area contributed by atoms with E-state index in [2.05, 4.69) is 27.9 Å². The summed E-state index contributed by atoms with van der Waals surface area (Å²) in [6, 6.07) is 5.86. The topological polar surface area (TPSA) is 38.3 Å². The molecule has 0 spiro atoms. The van der Waals surface area contributed by atoms with E-state index in [-0.39, 0.29) is 5.78 Å². The van der Waals surface area contributed by atoms with Crippen molar-refractivity contribution in [1.29, 1.82) is 0 Å². The fourth-order valence-electron chi connectivity index (χ4n) is 1.79. The Morgan fingerprint density at radius 1 is 1.35 bits per heavy atom. The summed E-state index contributed by atoms with van der Waals surface area (Å²) in [7, 11) is 1.65. The highest BCUT2D eigenvalue weighted by Gasteiger charge is 2.11. The summed E-state index contributed by atoms with van der Waals surface area (Å²) < 4.78 is 6.30. The number of allylic oxidation sites excluding steroid dienone is 2. The quantitative estimate of drug-likeness (QED) is 0.856. The van der Waals surface area contributed by atoms with Crippen LogP contribution < -0.4 is 10.1 Å². The van der Waals surface area contributed by atoms with Crippen LogP contribution >= 0.6 is 22.6 Å². The summed E-state index contributed by atoms with van der Waals surface area (Å²) in [5.74, 6) is 1.02. The number of hydrogen-bond donors (Lipinski definition) is 1. The van der Waals surface area contributed by atoms with Gasteiger partial charge in [-0.3, -0.25) is 4.79 Å². The molecule has 0 unspecified atom stereocenters. The summed E-state index contributed by atoms with van der Waals surface area (Å²) in [6.45, 7) is 0. The zero-order valence-corrected chi connectivity index (χ0v) is 11.8. The molecule has 0 radical (unpaired) electrons. The van der Waals surface area contributed by atoms with Crippen LogP contribution in [-0.2, 0) is 4.79 Å². The Bertz CT molecular complexity index is 468. The molecule has 0 fully saturated rings. The number of carbonyl (C=O) groups excluding carboxylic acids is 1. The molecule has 0 heterocycles. The zero-order valence-electron chi connectivity index (χ0n) is 9.63. The second kappa shape index (κ2) is 5.53. The lowest BCUT2D eigenvalue weighted by atomic mass is 10.0. The predicted molar refractivity (Wildman–Crippen MR) is 76.3 cm³/mol. The number of ketones is 1. The monoisotopic (exact) mass is 343 g/mol. The van der Waals surface area contributed by atoms with Crippen LogP contribution in [0, 0.1) is 3.57 Å². The van der Waals surface area contributed by atoms with Gasteiger partial charge in [-0.15, -0.1) is 0 Å². The van der Waals surface area contributed by atoms with Gasteiger partial charge in [-0.1, -0.05) is 0 Å². The lowest BCUT2D eigenvalue weighted by Gasteiger charge is -2.16. The molecule has 0 bridgehead atoms. The third-order valence-corrected chi connectivity index (χ3v) is 3.61. The number of rotatable bonds is 3. The number of anilines is 1. The fraction of sp³-hybridized carbons (Fsp3) is 0.308. The summed E-state index contributed by atoms with van der Waals surface area (Å²) >= 11 is 2.26. The van der Waals surface area contributed by atoms with Crippen LogP contribution in [0.4, 0.5) is 5.69 Å². The Labute approximate surface area is 114 Å². The van der Waals surface area contributed by atoms with Gasteiger partial charge in [0.2, 0.25) is 0 Å². The first-order valence-corrected chi connectivity index (χ1v) is 6.61. The fourth-order valence-corrected chi connectivity index (χ4v) is 2.26. The largest absolute Gasteiger partial charge is 0.497 e. The van der Waals surface area contributed by atoms with Crippen molar-refractivity contribution in [2.45, 2.75) is 19.3 Å². The first-order valence-electron chi connectivity index (χ1n) is 5.53. The van der Waals surface area contributed by atoms with Gasteiger partial charge in [0, 0.05) is 27.8 Å². The maximum absolute atomic E-state index is 11.3. The molecule has 17 heavy (non-hydrogen) atoms. The van der Waals surface area contributed by atoms with E-state index in [1.807, 2.05) is 18.2 Å². The molecular formula is C13H14INO2. The molecule has 3 nitrogen and oxygen atoms in total. The molecule has 2 rings (SSSR count). The Morgan fingerprint density at radius 3 is 2.88 bits per heavy atom. The summed E-state index contributed by atoms with van der Waals surface area (Å²) in [4.78, 5) is 11.3. The van der Waals surface area contributed by atoms with Gasteiger partial charge < -0.3 is 10.1 Å². The second-order valence-corrected chi connectivity index (χ2v) is 5.12. The normalized spacial score (nSPS) is 15.4. The van der Waals surface area contributed by atoms with Gasteiger partial charge >= 0.3 is 0 Å². The van der Waals surface area contributed by atoms with Crippen LogP contribution in [0.25, 0.3) is 0 Å². The molecule has 0 aromatic heterocycles. The first-order chi connectivity index (χ1) is 8.19. The number of nitrogens with one attached hydrogen (secondary N) is 1. The minimum absolute atomic E-state index is 0.205. The van der Waals surface area contributed by atoms with Crippen LogP contribution in [0.15, 0.2) is 30.0 Å². The van der Waals surface area contributed by atoms with Crippen LogP contribution in [0.2, 0.25) is 0 Å². The van der Waals surface area contributed by atoms with E-state index in [0.717, 1.165) is 33.5 Å². The molecule has 0 saturated carbocycles. The van der Waals surface area contributed by atoms with Gasteiger partial charge in [0.1, 0.15) is 5.75 Å². The third-order valence-electron chi connectivity index (χ3n) is 2.67.